The standard InChI is InChI=1S/C7H11BrO2/c1-6(3-2-4-8)5-7(9)10/h5H,2-4H2,1H3,(H,9,10)/b6-5+. The van der Waals surface area contributed by atoms with Crippen LogP contribution in [0.5, 0.6) is 0 Å². The van der Waals surface area contributed by atoms with E-state index in [9.17, 15) is 4.79 Å². The summed E-state index contributed by atoms with van der Waals surface area (Å²) in [6.45, 7) is 1.83. The average molecular weight is 207 g/mol. The van der Waals surface area contributed by atoms with Gasteiger partial charge in [-0.15, -0.1) is 0 Å². The van der Waals surface area contributed by atoms with Crippen LogP contribution < -0.4 is 0 Å². The molecule has 0 bridgehead atoms. The molecule has 2 nitrogen and oxygen atoms in total. The van der Waals surface area contributed by atoms with Gasteiger partial charge in [0.25, 0.3) is 0 Å². The first kappa shape index (κ1) is 9.69. The molecule has 0 fully saturated rings. The van der Waals surface area contributed by atoms with E-state index in [-0.39, 0.29) is 0 Å². The first-order valence-corrected chi connectivity index (χ1v) is 4.25. The maximum Gasteiger partial charge on any atom is 0.328 e. The Morgan fingerprint density at radius 1 is 1.70 bits per heavy atom. The third-order valence-electron chi connectivity index (χ3n) is 1.07. The number of hydrogen-bond donors (Lipinski definition) is 1. The van der Waals surface area contributed by atoms with Crippen molar-refractivity contribution in [1.82, 2.24) is 0 Å². The Morgan fingerprint density at radius 3 is 2.70 bits per heavy atom. The number of allylic oxidation sites excluding steroid dienone is 1. The zero-order chi connectivity index (χ0) is 7.98. The van der Waals surface area contributed by atoms with Crippen molar-refractivity contribution in [2.45, 2.75) is 19.8 Å². The quantitative estimate of drug-likeness (QED) is 0.566. The molecule has 0 aromatic heterocycles. The number of hydrogen-bond acceptors (Lipinski definition) is 1. The molecule has 0 aromatic carbocycles. The highest BCUT2D eigenvalue weighted by molar-refractivity contribution is 9.09. The molecule has 0 unspecified atom stereocenters. The molecule has 0 aliphatic carbocycles. The van der Waals surface area contributed by atoms with Crippen molar-refractivity contribution >= 4 is 21.9 Å². The predicted molar refractivity (Wildman–Crippen MR) is 44.4 cm³/mol. The van der Waals surface area contributed by atoms with Gasteiger partial charge in [-0.25, -0.2) is 4.79 Å². The van der Waals surface area contributed by atoms with Gasteiger partial charge in [0.05, 0.1) is 0 Å². The Hall–Kier alpha value is -0.310. The molecule has 3 heteroatoms. The third kappa shape index (κ3) is 5.82. The Bertz CT molecular complexity index is 141. The van der Waals surface area contributed by atoms with Crippen LogP contribution in [0.1, 0.15) is 19.8 Å². The summed E-state index contributed by atoms with van der Waals surface area (Å²) in [5.41, 5.74) is 0.923. The fourth-order valence-corrected chi connectivity index (χ4v) is 0.909. The van der Waals surface area contributed by atoms with Crippen LogP contribution in [0.4, 0.5) is 0 Å². The molecule has 1 N–H and O–H groups in total. The van der Waals surface area contributed by atoms with Gasteiger partial charge in [0.15, 0.2) is 0 Å². The van der Waals surface area contributed by atoms with Crippen molar-refractivity contribution < 1.29 is 9.90 Å². The second-order valence-corrected chi connectivity index (χ2v) is 2.91. The highest BCUT2D eigenvalue weighted by Gasteiger charge is 1.92. The number of rotatable bonds is 4. The monoisotopic (exact) mass is 206 g/mol. The summed E-state index contributed by atoms with van der Waals surface area (Å²) in [4.78, 5) is 10.1. The largest absolute Gasteiger partial charge is 0.478 e. The highest BCUT2D eigenvalue weighted by atomic mass is 79.9. The second kappa shape index (κ2) is 5.47. The average Bonchev–Trinajstić information content (AvgIpc) is 1.82. The molecule has 0 aromatic rings. The van der Waals surface area contributed by atoms with Gasteiger partial charge in [0.1, 0.15) is 0 Å². The Balaban J connectivity index is 3.60. The first-order chi connectivity index (χ1) is 4.66. The zero-order valence-corrected chi connectivity index (χ0v) is 7.52. The van der Waals surface area contributed by atoms with Crippen LogP contribution in [-0.2, 0) is 4.79 Å². The van der Waals surface area contributed by atoms with Gasteiger partial charge in [-0.1, -0.05) is 21.5 Å². The number of aliphatic carboxylic acids is 1. The van der Waals surface area contributed by atoms with E-state index in [1.165, 1.54) is 6.08 Å². The summed E-state index contributed by atoms with van der Waals surface area (Å²) in [5, 5.41) is 9.22. The maximum absolute atomic E-state index is 10.1. The van der Waals surface area contributed by atoms with Gasteiger partial charge in [-0.3, -0.25) is 0 Å². The number of carboxylic acid groups (broad SMARTS) is 1. The van der Waals surface area contributed by atoms with Crippen LogP contribution in [0.25, 0.3) is 0 Å². The lowest BCUT2D eigenvalue weighted by Gasteiger charge is -1.94. The maximum atomic E-state index is 10.1. The molecule has 0 amide bonds. The van der Waals surface area contributed by atoms with Crippen LogP contribution in [0, 0.1) is 0 Å². The smallest absolute Gasteiger partial charge is 0.328 e. The fourth-order valence-electron chi connectivity index (χ4n) is 0.629. The molecule has 0 rings (SSSR count). The van der Waals surface area contributed by atoms with E-state index < -0.39 is 5.97 Å². The molecule has 0 saturated heterocycles. The van der Waals surface area contributed by atoms with Crippen molar-refractivity contribution in [2.24, 2.45) is 0 Å². The van der Waals surface area contributed by atoms with Crippen molar-refractivity contribution in [1.29, 1.82) is 0 Å². The summed E-state index contributed by atoms with van der Waals surface area (Å²) >= 11 is 3.27. The van der Waals surface area contributed by atoms with Crippen LogP contribution in [-0.4, -0.2) is 16.4 Å². The highest BCUT2D eigenvalue weighted by Crippen LogP contribution is 2.04. The molecule has 0 radical (unpaired) electrons. The first-order valence-electron chi connectivity index (χ1n) is 3.13. The van der Waals surface area contributed by atoms with Crippen molar-refractivity contribution in [3.63, 3.8) is 0 Å². The molecule has 0 aliphatic heterocycles. The van der Waals surface area contributed by atoms with Gasteiger partial charge < -0.3 is 5.11 Å². The van der Waals surface area contributed by atoms with E-state index >= 15 is 0 Å². The van der Waals surface area contributed by atoms with E-state index in [2.05, 4.69) is 15.9 Å². The van der Waals surface area contributed by atoms with Crippen molar-refractivity contribution in [2.75, 3.05) is 5.33 Å². The van der Waals surface area contributed by atoms with Gasteiger partial charge in [-0.2, -0.15) is 0 Å². The molecule has 0 spiro atoms. The van der Waals surface area contributed by atoms with Gasteiger partial charge in [-0.05, 0) is 19.8 Å². The molecule has 0 atom stereocenters. The zero-order valence-electron chi connectivity index (χ0n) is 5.93. The van der Waals surface area contributed by atoms with Crippen molar-refractivity contribution in [3.05, 3.63) is 11.6 Å². The summed E-state index contributed by atoms with van der Waals surface area (Å²) in [6, 6.07) is 0. The predicted octanol–water partition coefficient (Wildman–Crippen LogP) is 2.19. The van der Waals surface area contributed by atoms with Gasteiger partial charge >= 0.3 is 5.97 Å². The molecular formula is C7H11BrO2. The lowest BCUT2D eigenvalue weighted by Crippen LogP contribution is -1.90. The van der Waals surface area contributed by atoms with E-state index in [1.807, 2.05) is 6.92 Å². The molecular weight excluding hydrogens is 196 g/mol. The normalized spacial score (nSPS) is 11.6. The lowest BCUT2D eigenvalue weighted by atomic mass is 10.2. The number of carbonyl (C=O) groups is 1. The summed E-state index contributed by atoms with van der Waals surface area (Å²) < 4.78 is 0. The third-order valence-corrected chi connectivity index (χ3v) is 1.64. The van der Waals surface area contributed by atoms with E-state index in [0.717, 1.165) is 23.7 Å². The number of halogens is 1. The van der Waals surface area contributed by atoms with Crippen molar-refractivity contribution in [3.8, 4) is 0 Å². The SMILES string of the molecule is C/C(=C\C(=O)O)CCCBr. The van der Waals surface area contributed by atoms with Gasteiger partial charge in [0.2, 0.25) is 0 Å². The van der Waals surface area contributed by atoms with E-state index in [1.54, 1.807) is 0 Å². The Kier molecular flexibility index (Phi) is 5.30. The summed E-state index contributed by atoms with van der Waals surface area (Å²) in [5.74, 6) is -0.855. The Labute approximate surface area is 69.1 Å². The van der Waals surface area contributed by atoms with Crippen LogP contribution in [0.2, 0.25) is 0 Å². The van der Waals surface area contributed by atoms with E-state index in [4.69, 9.17) is 5.11 Å². The molecule has 0 saturated carbocycles. The summed E-state index contributed by atoms with van der Waals surface area (Å²) in [6.07, 6.45) is 3.11. The number of alkyl halides is 1. The molecule has 0 heterocycles. The molecule has 10 heavy (non-hydrogen) atoms. The van der Waals surface area contributed by atoms with Gasteiger partial charge in [0, 0.05) is 11.4 Å². The summed E-state index contributed by atoms with van der Waals surface area (Å²) in [7, 11) is 0. The van der Waals surface area contributed by atoms with Crippen LogP contribution in [0.15, 0.2) is 11.6 Å². The molecule has 58 valence electrons. The lowest BCUT2D eigenvalue weighted by molar-refractivity contribution is -0.131. The topological polar surface area (TPSA) is 37.3 Å². The van der Waals surface area contributed by atoms with E-state index in [0.29, 0.717) is 0 Å². The second-order valence-electron chi connectivity index (χ2n) is 2.12. The minimum atomic E-state index is -0.855. The Morgan fingerprint density at radius 2 is 2.30 bits per heavy atom. The number of carboxylic acids is 1. The minimum absolute atomic E-state index is 0.855. The van der Waals surface area contributed by atoms with Crippen LogP contribution >= 0.6 is 15.9 Å². The molecule has 0 aliphatic rings. The fraction of sp³-hybridized carbons (Fsp3) is 0.571. The van der Waals surface area contributed by atoms with Crippen LogP contribution in [0.3, 0.4) is 0 Å². The minimum Gasteiger partial charge on any atom is -0.478 e.